The highest BCUT2D eigenvalue weighted by molar-refractivity contribution is 4.93. The molecule has 0 saturated heterocycles. The average molecular weight is 222 g/mol. The van der Waals surface area contributed by atoms with Crippen molar-refractivity contribution < 1.29 is 0 Å². The summed E-state index contributed by atoms with van der Waals surface area (Å²) in [5.74, 6) is 3.28. The lowest BCUT2D eigenvalue weighted by molar-refractivity contribution is 0.277. The molecule has 0 bridgehead atoms. The highest BCUT2D eigenvalue weighted by Crippen LogP contribution is 2.52. The van der Waals surface area contributed by atoms with Crippen molar-refractivity contribution in [3.8, 4) is 0 Å². The van der Waals surface area contributed by atoms with Crippen LogP contribution >= 0.6 is 0 Å². The van der Waals surface area contributed by atoms with Crippen LogP contribution in [0.2, 0.25) is 0 Å². The molecule has 0 aromatic heterocycles. The van der Waals surface area contributed by atoms with Crippen LogP contribution in [-0.2, 0) is 0 Å². The van der Waals surface area contributed by atoms with Crippen LogP contribution in [0.3, 0.4) is 0 Å². The van der Waals surface area contributed by atoms with Crippen molar-refractivity contribution in [3.05, 3.63) is 0 Å². The van der Waals surface area contributed by atoms with Gasteiger partial charge in [0.25, 0.3) is 0 Å². The first kappa shape index (κ1) is 12.5. The molecular formula is C16H30. The zero-order valence-electron chi connectivity index (χ0n) is 11.6. The van der Waals surface area contributed by atoms with Crippen LogP contribution in [-0.4, -0.2) is 0 Å². The molecule has 2 saturated carbocycles. The topological polar surface area (TPSA) is 0 Å². The van der Waals surface area contributed by atoms with Gasteiger partial charge in [0, 0.05) is 0 Å². The second-order valence-corrected chi connectivity index (χ2v) is 7.20. The van der Waals surface area contributed by atoms with E-state index >= 15 is 0 Å². The van der Waals surface area contributed by atoms with Crippen molar-refractivity contribution in [1.82, 2.24) is 0 Å². The predicted molar refractivity (Wildman–Crippen MR) is 71.5 cm³/mol. The molecule has 2 rings (SSSR count). The lowest BCUT2D eigenvalue weighted by Gasteiger charge is -2.25. The van der Waals surface area contributed by atoms with Gasteiger partial charge in [-0.3, -0.25) is 0 Å². The summed E-state index contributed by atoms with van der Waals surface area (Å²) < 4.78 is 0. The summed E-state index contributed by atoms with van der Waals surface area (Å²) in [5.41, 5.74) is 0.618. The van der Waals surface area contributed by atoms with Gasteiger partial charge in [-0.15, -0.1) is 0 Å². The molecule has 2 aliphatic carbocycles. The van der Waals surface area contributed by atoms with Crippen molar-refractivity contribution >= 4 is 0 Å². The molecule has 3 unspecified atom stereocenters. The Labute approximate surface area is 102 Å². The Kier molecular flexibility index (Phi) is 3.97. The van der Waals surface area contributed by atoms with E-state index in [9.17, 15) is 0 Å². The molecule has 0 heterocycles. The average Bonchev–Trinajstić information content (AvgIpc) is 2.80. The minimum atomic E-state index is 0.618. The Morgan fingerprint density at radius 1 is 0.750 bits per heavy atom. The fourth-order valence-electron chi connectivity index (χ4n) is 3.87. The number of fused-ring (bicyclic) bond motifs is 1. The van der Waals surface area contributed by atoms with E-state index in [1.54, 1.807) is 0 Å². The molecule has 0 radical (unpaired) electrons. The number of hydrogen-bond donors (Lipinski definition) is 0. The van der Waals surface area contributed by atoms with Crippen molar-refractivity contribution in [3.63, 3.8) is 0 Å². The van der Waals surface area contributed by atoms with Crippen LogP contribution in [0.25, 0.3) is 0 Å². The van der Waals surface area contributed by atoms with Gasteiger partial charge in [0.05, 0.1) is 0 Å². The van der Waals surface area contributed by atoms with Crippen molar-refractivity contribution in [1.29, 1.82) is 0 Å². The molecule has 0 aliphatic heterocycles. The fraction of sp³-hybridized carbons (Fsp3) is 1.00. The SMILES string of the molecule is CC1C2CCCCCCC(C)(C)CCCC12. The summed E-state index contributed by atoms with van der Waals surface area (Å²) in [6.45, 7) is 7.44. The summed E-state index contributed by atoms with van der Waals surface area (Å²) in [7, 11) is 0. The standard InChI is InChI=1S/C16H30/c1-13-14-9-6-4-5-7-11-16(2,3)12-8-10-15(13)14/h13-15H,4-12H2,1-3H3. The smallest absolute Gasteiger partial charge is 0.0354 e. The monoisotopic (exact) mass is 222 g/mol. The Bertz CT molecular complexity index is 216. The van der Waals surface area contributed by atoms with E-state index < -0.39 is 0 Å². The molecular weight excluding hydrogens is 192 g/mol. The van der Waals surface area contributed by atoms with Crippen LogP contribution in [0.1, 0.15) is 78.6 Å². The lowest BCUT2D eigenvalue weighted by atomic mass is 9.81. The maximum absolute atomic E-state index is 2.49. The van der Waals surface area contributed by atoms with E-state index in [1.165, 1.54) is 57.8 Å². The molecule has 0 nitrogen and oxygen atoms in total. The maximum atomic E-state index is 2.49. The highest BCUT2D eigenvalue weighted by Gasteiger charge is 2.44. The lowest BCUT2D eigenvalue weighted by Crippen LogP contribution is -2.11. The molecule has 0 amide bonds. The molecule has 0 N–H and O–H groups in total. The minimum absolute atomic E-state index is 0.618. The summed E-state index contributed by atoms with van der Waals surface area (Å²) in [6.07, 6.45) is 13.4. The fourth-order valence-corrected chi connectivity index (χ4v) is 3.87. The highest BCUT2D eigenvalue weighted by atomic mass is 14.5. The third-order valence-corrected chi connectivity index (χ3v) is 5.29. The Hall–Kier alpha value is 0. The first-order chi connectivity index (χ1) is 7.60. The Morgan fingerprint density at radius 3 is 2.06 bits per heavy atom. The van der Waals surface area contributed by atoms with E-state index in [0.29, 0.717) is 5.41 Å². The van der Waals surface area contributed by atoms with E-state index in [4.69, 9.17) is 0 Å². The van der Waals surface area contributed by atoms with Crippen LogP contribution in [0.4, 0.5) is 0 Å². The number of hydrogen-bond acceptors (Lipinski definition) is 0. The van der Waals surface area contributed by atoms with Crippen LogP contribution in [0.5, 0.6) is 0 Å². The molecule has 3 atom stereocenters. The van der Waals surface area contributed by atoms with Gasteiger partial charge in [0.1, 0.15) is 0 Å². The van der Waals surface area contributed by atoms with Gasteiger partial charge in [0.15, 0.2) is 0 Å². The second kappa shape index (κ2) is 5.10. The molecule has 0 heteroatoms. The molecule has 94 valence electrons. The summed E-state index contributed by atoms with van der Waals surface area (Å²) in [4.78, 5) is 0. The first-order valence-electron chi connectivity index (χ1n) is 7.60. The van der Waals surface area contributed by atoms with E-state index in [2.05, 4.69) is 20.8 Å². The summed E-state index contributed by atoms with van der Waals surface area (Å²) in [5, 5.41) is 0. The minimum Gasteiger partial charge on any atom is -0.0620 e. The van der Waals surface area contributed by atoms with Gasteiger partial charge in [-0.1, -0.05) is 52.9 Å². The van der Waals surface area contributed by atoms with Crippen LogP contribution < -0.4 is 0 Å². The third kappa shape index (κ3) is 3.25. The van der Waals surface area contributed by atoms with Crippen LogP contribution in [0.15, 0.2) is 0 Å². The third-order valence-electron chi connectivity index (χ3n) is 5.29. The predicted octanol–water partition coefficient (Wildman–Crippen LogP) is 5.42. The van der Waals surface area contributed by atoms with E-state index in [1.807, 2.05) is 0 Å². The van der Waals surface area contributed by atoms with E-state index in [0.717, 1.165) is 17.8 Å². The van der Waals surface area contributed by atoms with Gasteiger partial charge < -0.3 is 0 Å². The van der Waals surface area contributed by atoms with Gasteiger partial charge in [0.2, 0.25) is 0 Å². The van der Waals surface area contributed by atoms with Gasteiger partial charge in [-0.25, -0.2) is 0 Å². The van der Waals surface area contributed by atoms with Crippen molar-refractivity contribution in [2.75, 3.05) is 0 Å². The van der Waals surface area contributed by atoms with Gasteiger partial charge in [-0.2, -0.15) is 0 Å². The molecule has 0 spiro atoms. The first-order valence-corrected chi connectivity index (χ1v) is 7.60. The maximum Gasteiger partial charge on any atom is -0.0354 e. The van der Waals surface area contributed by atoms with Gasteiger partial charge in [-0.05, 0) is 48.9 Å². The summed E-state index contributed by atoms with van der Waals surface area (Å²) >= 11 is 0. The van der Waals surface area contributed by atoms with Gasteiger partial charge >= 0.3 is 0 Å². The summed E-state index contributed by atoms with van der Waals surface area (Å²) in [6, 6.07) is 0. The molecule has 0 aromatic carbocycles. The van der Waals surface area contributed by atoms with Crippen LogP contribution in [0, 0.1) is 23.2 Å². The normalized spacial score (nSPS) is 40.3. The zero-order chi connectivity index (χ0) is 11.6. The number of rotatable bonds is 0. The second-order valence-electron chi connectivity index (χ2n) is 7.20. The van der Waals surface area contributed by atoms with Crippen molar-refractivity contribution in [2.45, 2.75) is 78.6 Å². The Morgan fingerprint density at radius 2 is 1.31 bits per heavy atom. The van der Waals surface area contributed by atoms with E-state index in [-0.39, 0.29) is 0 Å². The molecule has 16 heavy (non-hydrogen) atoms. The zero-order valence-corrected chi connectivity index (χ0v) is 11.6. The largest absolute Gasteiger partial charge is 0.0620 e. The molecule has 2 fully saturated rings. The molecule has 2 aliphatic rings. The Balaban J connectivity index is 1.82. The quantitative estimate of drug-likeness (QED) is 0.513. The molecule has 0 aromatic rings. The van der Waals surface area contributed by atoms with Crippen molar-refractivity contribution in [2.24, 2.45) is 23.2 Å².